The Bertz CT molecular complexity index is 1120. The maximum atomic E-state index is 12.9. The second kappa shape index (κ2) is 9.51. The number of rotatable bonds is 5. The SMILES string of the molecule is Cc1nc2ccccc2c(-c2ccccc2)c1CC(=O)OC(C)C(=O)N1CCC(C)CC1. The largest absolute Gasteiger partial charge is 0.452 e. The van der Waals surface area contributed by atoms with Crippen LogP contribution in [0.4, 0.5) is 0 Å². The van der Waals surface area contributed by atoms with Crippen molar-refractivity contribution in [1.82, 2.24) is 9.88 Å². The van der Waals surface area contributed by atoms with Crippen molar-refractivity contribution in [1.29, 1.82) is 0 Å². The second-order valence-electron chi connectivity index (χ2n) is 8.75. The Morgan fingerprint density at radius 2 is 1.72 bits per heavy atom. The van der Waals surface area contributed by atoms with E-state index in [1.807, 2.05) is 66.4 Å². The minimum Gasteiger partial charge on any atom is -0.452 e. The maximum Gasteiger partial charge on any atom is 0.311 e. The summed E-state index contributed by atoms with van der Waals surface area (Å²) in [5.41, 5.74) is 4.55. The zero-order valence-electron chi connectivity index (χ0n) is 19.0. The van der Waals surface area contributed by atoms with Crippen LogP contribution in [0.3, 0.4) is 0 Å². The van der Waals surface area contributed by atoms with Gasteiger partial charge in [-0.2, -0.15) is 0 Å². The molecule has 1 unspecified atom stereocenters. The summed E-state index contributed by atoms with van der Waals surface area (Å²) in [6.07, 6.45) is 1.27. The highest BCUT2D eigenvalue weighted by Gasteiger charge is 2.27. The first-order valence-corrected chi connectivity index (χ1v) is 11.4. The summed E-state index contributed by atoms with van der Waals surface area (Å²) in [6.45, 7) is 7.25. The normalized spacial score (nSPS) is 15.5. The van der Waals surface area contributed by atoms with Gasteiger partial charge in [-0.1, -0.05) is 55.5 Å². The molecule has 0 spiro atoms. The number of amides is 1. The molecule has 1 aliphatic rings. The molecule has 1 aromatic heterocycles. The van der Waals surface area contributed by atoms with Crippen molar-refractivity contribution in [3.8, 4) is 11.1 Å². The molecule has 0 N–H and O–H groups in total. The first-order chi connectivity index (χ1) is 15.4. The standard InChI is InChI=1S/C27H30N2O3/c1-18-13-15-29(16-14-18)27(31)20(3)32-25(30)17-23-19(2)28-24-12-8-7-11-22(24)26(23)21-9-5-4-6-10-21/h4-12,18,20H,13-17H2,1-3H3. The number of ether oxygens (including phenoxy) is 1. The van der Waals surface area contributed by atoms with Crippen molar-refractivity contribution in [3.05, 3.63) is 65.9 Å². The number of aryl methyl sites for hydroxylation is 1. The number of fused-ring (bicyclic) bond motifs is 1. The lowest BCUT2D eigenvalue weighted by Crippen LogP contribution is -2.44. The van der Waals surface area contributed by atoms with E-state index in [0.29, 0.717) is 5.92 Å². The molecule has 166 valence electrons. The van der Waals surface area contributed by atoms with Crippen molar-refractivity contribution in [3.63, 3.8) is 0 Å². The van der Waals surface area contributed by atoms with Crippen LogP contribution in [0.1, 0.15) is 37.9 Å². The van der Waals surface area contributed by atoms with Gasteiger partial charge in [0.05, 0.1) is 11.9 Å². The molecule has 1 saturated heterocycles. The van der Waals surface area contributed by atoms with Crippen molar-refractivity contribution in [2.45, 2.75) is 46.1 Å². The molecule has 1 atom stereocenters. The van der Waals surface area contributed by atoms with Gasteiger partial charge in [0.25, 0.3) is 5.91 Å². The number of esters is 1. The molecule has 1 fully saturated rings. The molecule has 1 aliphatic heterocycles. The predicted octanol–water partition coefficient (Wildman–Crippen LogP) is 4.94. The van der Waals surface area contributed by atoms with Crippen LogP contribution in [0.15, 0.2) is 54.6 Å². The van der Waals surface area contributed by atoms with E-state index in [0.717, 1.165) is 59.2 Å². The smallest absolute Gasteiger partial charge is 0.311 e. The molecule has 0 aliphatic carbocycles. The van der Waals surface area contributed by atoms with Crippen LogP contribution >= 0.6 is 0 Å². The lowest BCUT2D eigenvalue weighted by molar-refractivity contribution is -0.159. The van der Waals surface area contributed by atoms with Gasteiger partial charge in [0.15, 0.2) is 6.10 Å². The molecule has 5 heteroatoms. The Morgan fingerprint density at radius 1 is 1.06 bits per heavy atom. The molecule has 1 amide bonds. The van der Waals surface area contributed by atoms with Crippen molar-refractivity contribution < 1.29 is 14.3 Å². The lowest BCUT2D eigenvalue weighted by Gasteiger charge is -2.32. The van der Waals surface area contributed by atoms with E-state index in [9.17, 15) is 9.59 Å². The second-order valence-corrected chi connectivity index (χ2v) is 8.75. The minimum absolute atomic E-state index is 0.0720. The number of hydrogen-bond acceptors (Lipinski definition) is 4. The molecule has 0 radical (unpaired) electrons. The van der Waals surface area contributed by atoms with Crippen LogP contribution in [-0.4, -0.2) is 41.0 Å². The molecular formula is C27H30N2O3. The fourth-order valence-corrected chi connectivity index (χ4v) is 4.44. The number of para-hydroxylation sites is 1. The van der Waals surface area contributed by atoms with E-state index >= 15 is 0 Å². The molecule has 4 rings (SSSR count). The highest BCUT2D eigenvalue weighted by Crippen LogP contribution is 2.33. The lowest BCUT2D eigenvalue weighted by atomic mass is 9.93. The first kappa shape index (κ1) is 22.0. The minimum atomic E-state index is -0.787. The summed E-state index contributed by atoms with van der Waals surface area (Å²) in [6, 6.07) is 18.0. The number of carbonyl (C=O) groups is 2. The third-order valence-corrected chi connectivity index (χ3v) is 6.33. The summed E-state index contributed by atoms with van der Waals surface area (Å²) >= 11 is 0. The number of benzene rings is 2. The van der Waals surface area contributed by atoms with Crippen LogP contribution < -0.4 is 0 Å². The molecular weight excluding hydrogens is 400 g/mol. The van der Waals surface area contributed by atoms with Crippen LogP contribution in [0.5, 0.6) is 0 Å². The monoisotopic (exact) mass is 430 g/mol. The molecule has 0 saturated carbocycles. The summed E-state index contributed by atoms with van der Waals surface area (Å²) < 4.78 is 5.60. The average Bonchev–Trinajstić information content (AvgIpc) is 2.80. The number of hydrogen-bond donors (Lipinski definition) is 0. The quantitative estimate of drug-likeness (QED) is 0.538. The van der Waals surface area contributed by atoms with Gasteiger partial charge in [-0.05, 0) is 55.4 Å². The van der Waals surface area contributed by atoms with Gasteiger partial charge in [-0.3, -0.25) is 14.6 Å². The third-order valence-electron chi connectivity index (χ3n) is 6.33. The Kier molecular flexibility index (Phi) is 6.54. The summed E-state index contributed by atoms with van der Waals surface area (Å²) in [4.78, 5) is 32.2. The van der Waals surface area contributed by atoms with Gasteiger partial charge in [0, 0.05) is 24.2 Å². The zero-order chi connectivity index (χ0) is 22.7. The van der Waals surface area contributed by atoms with Crippen LogP contribution in [0.2, 0.25) is 0 Å². The van der Waals surface area contributed by atoms with Crippen molar-refractivity contribution >= 4 is 22.8 Å². The number of piperidine rings is 1. The number of carbonyl (C=O) groups excluding carboxylic acids is 2. The molecule has 3 aromatic rings. The van der Waals surface area contributed by atoms with E-state index in [1.165, 1.54) is 0 Å². The van der Waals surface area contributed by atoms with Gasteiger partial charge < -0.3 is 9.64 Å². The van der Waals surface area contributed by atoms with Crippen LogP contribution in [0, 0.1) is 12.8 Å². The molecule has 5 nitrogen and oxygen atoms in total. The Labute approximate surface area is 189 Å². The van der Waals surface area contributed by atoms with Crippen molar-refractivity contribution in [2.24, 2.45) is 5.92 Å². The van der Waals surface area contributed by atoms with Gasteiger partial charge in [-0.15, -0.1) is 0 Å². The van der Waals surface area contributed by atoms with Crippen LogP contribution in [0.25, 0.3) is 22.0 Å². The molecule has 2 heterocycles. The topological polar surface area (TPSA) is 59.5 Å². The average molecular weight is 431 g/mol. The number of aromatic nitrogens is 1. The van der Waals surface area contributed by atoms with E-state index < -0.39 is 12.1 Å². The number of likely N-dealkylation sites (tertiary alicyclic amines) is 1. The predicted molar refractivity (Wildman–Crippen MR) is 126 cm³/mol. The van der Waals surface area contributed by atoms with Gasteiger partial charge in [0.2, 0.25) is 0 Å². The number of nitrogens with zero attached hydrogens (tertiary/aromatic N) is 2. The zero-order valence-corrected chi connectivity index (χ0v) is 19.0. The maximum absolute atomic E-state index is 12.9. The van der Waals surface area contributed by atoms with Crippen LogP contribution in [-0.2, 0) is 20.7 Å². The highest BCUT2D eigenvalue weighted by atomic mass is 16.5. The Balaban J connectivity index is 1.58. The van der Waals surface area contributed by atoms with E-state index in [-0.39, 0.29) is 12.3 Å². The van der Waals surface area contributed by atoms with Gasteiger partial charge >= 0.3 is 5.97 Å². The third kappa shape index (κ3) is 4.67. The van der Waals surface area contributed by atoms with Crippen molar-refractivity contribution in [2.75, 3.05) is 13.1 Å². The number of pyridine rings is 1. The van der Waals surface area contributed by atoms with Gasteiger partial charge in [-0.25, -0.2) is 0 Å². The summed E-state index contributed by atoms with van der Waals surface area (Å²) in [5, 5.41) is 0.999. The highest BCUT2D eigenvalue weighted by molar-refractivity contribution is 5.98. The first-order valence-electron chi connectivity index (χ1n) is 11.4. The summed E-state index contributed by atoms with van der Waals surface area (Å²) in [7, 11) is 0. The molecule has 32 heavy (non-hydrogen) atoms. The fourth-order valence-electron chi connectivity index (χ4n) is 4.44. The Morgan fingerprint density at radius 3 is 2.44 bits per heavy atom. The fraction of sp³-hybridized carbons (Fsp3) is 0.370. The van der Waals surface area contributed by atoms with Gasteiger partial charge in [0.1, 0.15) is 0 Å². The van der Waals surface area contributed by atoms with E-state index in [1.54, 1.807) is 6.92 Å². The Hall–Kier alpha value is -3.21. The molecule has 0 bridgehead atoms. The van der Waals surface area contributed by atoms with E-state index in [2.05, 4.69) is 6.92 Å². The summed E-state index contributed by atoms with van der Waals surface area (Å²) in [5.74, 6) is 0.118. The van der Waals surface area contributed by atoms with E-state index in [4.69, 9.17) is 9.72 Å². The molecule has 2 aromatic carbocycles.